The number of hydrogen-bond donors (Lipinski definition) is 1. The number of primary amides is 1. The lowest BCUT2D eigenvalue weighted by Crippen LogP contribution is -2.31. The third kappa shape index (κ3) is 4.79. The van der Waals surface area contributed by atoms with Gasteiger partial charge in [-0.2, -0.15) is 13.2 Å². The van der Waals surface area contributed by atoms with Gasteiger partial charge in [-0.1, -0.05) is 35.9 Å². The molecular weight excluding hydrogens is 443 g/mol. The maximum absolute atomic E-state index is 13.3. The number of rotatable bonds is 6. The molecule has 0 unspecified atom stereocenters. The summed E-state index contributed by atoms with van der Waals surface area (Å²) in [6.07, 6.45) is -5.98. The van der Waals surface area contributed by atoms with Crippen LogP contribution in [-0.2, 0) is 32.2 Å². The molecule has 10 heteroatoms. The molecule has 1 aliphatic rings. The van der Waals surface area contributed by atoms with Crippen molar-refractivity contribution in [3.63, 3.8) is 0 Å². The monoisotopic (exact) mass is 461 g/mol. The van der Waals surface area contributed by atoms with Gasteiger partial charge in [-0.15, -0.1) is 0 Å². The van der Waals surface area contributed by atoms with Crippen LogP contribution in [0.3, 0.4) is 0 Å². The number of ether oxygens (including phenoxy) is 1. The van der Waals surface area contributed by atoms with Gasteiger partial charge < -0.3 is 10.5 Å². The SMILES string of the molecule is NC(=O)[C@@H]1C[C@@H](S(=O)(=O)c2ccccc2C(F)(F)F)C[C@H]1OCc1ccc(Cl)cc1. The summed E-state index contributed by atoms with van der Waals surface area (Å²) in [5, 5.41) is -0.683. The lowest BCUT2D eigenvalue weighted by molar-refractivity contribution is -0.139. The first-order valence-electron chi connectivity index (χ1n) is 9.05. The van der Waals surface area contributed by atoms with Crippen molar-refractivity contribution < 1.29 is 31.1 Å². The van der Waals surface area contributed by atoms with E-state index >= 15 is 0 Å². The summed E-state index contributed by atoms with van der Waals surface area (Å²) in [7, 11) is -4.37. The number of benzene rings is 2. The molecule has 0 bridgehead atoms. The third-order valence-corrected chi connectivity index (χ3v) is 7.63. The molecule has 0 saturated heterocycles. The second-order valence-corrected chi connectivity index (χ2v) is 9.75. The van der Waals surface area contributed by atoms with Crippen LogP contribution in [0.4, 0.5) is 13.2 Å². The van der Waals surface area contributed by atoms with Crippen LogP contribution < -0.4 is 5.73 Å². The van der Waals surface area contributed by atoms with E-state index in [-0.39, 0.29) is 19.4 Å². The molecule has 5 nitrogen and oxygen atoms in total. The lowest BCUT2D eigenvalue weighted by atomic mass is 10.1. The van der Waals surface area contributed by atoms with Crippen LogP contribution in [0.2, 0.25) is 5.02 Å². The molecule has 1 saturated carbocycles. The van der Waals surface area contributed by atoms with Crippen LogP contribution in [0.25, 0.3) is 0 Å². The number of sulfone groups is 1. The second-order valence-electron chi connectivity index (χ2n) is 7.12. The number of hydrogen-bond acceptors (Lipinski definition) is 4. The van der Waals surface area contributed by atoms with Crippen molar-refractivity contribution in [1.82, 2.24) is 0 Å². The summed E-state index contributed by atoms with van der Waals surface area (Å²) >= 11 is 5.83. The standard InChI is InChI=1S/C20H19ClF3NO4S/c21-13-7-5-12(6-8-13)11-29-17-10-14(9-15(17)19(25)26)30(27,28)18-4-2-1-3-16(18)20(22,23)24/h1-8,14-15,17H,9-11H2,(H2,25,26)/t14-,15-,17-/m1/s1. The Hall–Kier alpha value is -2.10. The van der Waals surface area contributed by atoms with E-state index in [0.717, 1.165) is 23.8 Å². The van der Waals surface area contributed by atoms with Crippen LogP contribution >= 0.6 is 11.6 Å². The zero-order chi connectivity index (χ0) is 22.1. The molecule has 0 spiro atoms. The van der Waals surface area contributed by atoms with Crippen LogP contribution in [-0.4, -0.2) is 25.7 Å². The van der Waals surface area contributed by atoms with Crippen molar-refractivity contribution in [1.29, 1.82) is 0 Å². The van der Waals surface area contributed by atoms with Crippen LogP contribution in [0.15, 0.2) is 53.4 Å². The van der Waals surface area contributed by atoms with Gasteiger partial charge in [-0.25, -0.2) is 8.42 Å². The largest absolute Gasteiger partial charge is 0.417 e. The Morgan fingerprint density at radius 1 is 1.10 bits per heavy atom. The quantitative estimate of drug-likeness (QED) is 0.705. The average molecular weight is 462 g/mol. The molecule has 1 amide bonds. The zero-order valence-corrected chi connectivity index (χ0v) is 17.2. The summed E-state index contributed by atoms with van der Waals surface area (Å²) in [5.74, 6) is -1.67. The minimum Gasteiger partial charge on any atom is -0.373 e. The fourth-order valence-corrected chi connectivity index (χ4v) is 5.75. The zero-order valence-electron chi connectivity index (χ0n) is 15.6. The van der Waals surface area contributed by atoms with Crippen molar-refractivity contribution in [2.45, 2.75) is 41.9 Å². The second kappa shape index (κ2) is 8.56. The van der Waals surface area contributed by atoms with Crippen LogP contribution in [0.5, 0.6) is 0 Å². The van der Waals surface area contributed by atoms with Gasteiger partial charge in [0, 0.05) is 5.02 Å². The van der Waals surface area contributed by atoms with E-state index in [4.69, 9.17) is 22.1 Å². The van der Waals surface area contributed by atoms with E-state index in [1.54, 1.807) is 24.3 Å². The Morgan fingerprint density at radius 3 is 2.33 bits per heavy atom. The first-order chi connectivity index (χ1) is 14.0. The molecule has 0 radical (unpaired) electrons. The minimum absolute atomic E-state index is 0.0809. The molecule has 3 rings (SSSR count). The molecular formula is C20H19ClF3NO4S. The maximum atomic E-state index is 13.3. The topological polar surface area (TPSA) is 86.5 Å². The van der Waals surface area contributed by atoms with E-state index in [2.05, 4.69) is 0 Å². The molecule has 0 heterocycles. The summed E-state index contributed by atoms with van der Waals surface area (Å²) in [4.78, 5) is 11.1. The summed E-state index contributed by atoms with van der Waals surface area (Å²) in [5.41, 5.74) is 4.93. The Morgan fingerprint density at radius 2 is 1.73 bits per heavy atom. The predicted octanol–water partition coefficient (Wildman–Crippen LogP) is 3.98. The molecule has 0 aliphatic heterocycles. The van der Waals surface area contributed by atoms with Crippen molar-refractivity contribution in [2.24, 2.45) is 11.7 Å². The highest BCUT2D eigenvalue weighted by atomic mass is 35.5. The van der Waals surface area contributed by atoms with Gasteiger partial charge in [-0.05, 0) is 42.7 Å². The van der Waals surface area contributed by atoms with Gasteiger partial charge in [0.15, 0.2) is 9.84 Å². The normalized spacial score (nSPS) is 22.2. The molecule has 1 aliphatic carbocycles. The Labute approximate surface area is 176 Å². The molecule has 2 aromatic rings. The van der Waals surface area contributed by atoms with Gasteiger partial charge >= 0.3 is 6.18 Å². The highest BCUT2D eigenvalue weighted by Crippen LogP contribution is 2.40. The highest BCUT2D eigenvalue weighted by Gasteiger charge is 2.47. The molecule has 3 atom stereocenters. The van der Waals surface area contributed by atoms with Gasteiger partial charge in [0.05, 0.1) is 34.3 Å². The highest BCUT2D eigenvalue weighted by molar-refractivity contribution is 7.92. The first kappa shape index (κ1) is 22.6. The Balaban J connectivity index is 1.83. The van der Waals surface area contributed by atoms with E-state index in [1.165, 1.54) is 6.07 Å². The van der Waals surface area contributed by atoms with Crippen molar-refractivity contribution in [2.75, 3.05) is 0 Å². The summed E-state index contributed by atoms with van der Waals surface area (Å²) in [6, 6.07) is 10.7. The predicted molar refractivity (Wildman–Crippen MR) is 104 cm³/mol. The van der Waals surface area contributed by atoms with E-state index in [9.17, 15) is 26.4 Å². The van der Waals surface area contributed by atoms with E-state index < -0.39 is 49.7 Å². The van der Waals surface area contributed by atoms with Gasteiger partial charge in [0.2, 0.25) is 5.91 Å². The van der Waals surface area contributed by atoms with E-state index in [0.29, 0.717) is 5.02 Å². The molecule has 1 fully saturated rings. The molecule has 2 aromatic carbocycles. The van der Waals surface area contributed by atoms with Gasteiger partial charge in [0.25, 0.3) is 0 Å². The molecule has 30 heavy (non-hydrogen) atoms. The summed E-state index contributed by atoms with van der Waals surface area (Å²) in [6.45, 7) is 0.0809. The maximum Gasteiger partial charge on any atom is 0.417 e. The first-order valence-corrected chi connectivity index (χ1v) is 11.0. The summed E-state index contributed by atoms with van der Waals surface area (Å²) < 4.78 is 71.7. The van der Waals surface area contributed by atoms with Crippen molar-refractivity contribution in [3.8, 4) is 0 Å². The lowest BCUT2D eigenvalue weighted by Gasteiger charge is -2.18. The Kier molecular flexibility index (Phi) is 6.45. The van der Waals surface area contributed by atoms with Crippen molar-refractivity contribution in [3.05, 3.63) is 64.7 Å². The number of nitrogens with two attached hydrogens (primary N) is 1. The van der Waals surface area contributed by atoms with Crippen molar-refractivity contribution >= 4 is 27.3 Å². The number of carbonyl (C=O) groups is 1. The fraction of sp³-hybridized carbons (Fsp3) is 0.350. The number of alkyl halides is 3. The smallest absolute Gasteiger partial charge is 0.373 e. The number of halogens is 4. The van der Waals surface area contributed by atoms with Gasteiger partial charge in [0.1, 0.15) is 0 Å². The number of carbonyl (C=O) groups excluding carboxylic acids is 1. The number of amides is 1. The average Bonchev–Trinajstić information content (AvgIpc) is 3.12. The van der Waals surface area contributed by atoms with Crippen LogP contribution in [0.1, 0.15) is 24.0 Å². The molecule has 162 valence electrons. The van der Waals surface area contributed by atoms with Crippen LogP contribution in [0, 0.1) is 5.92 Å². The molecule has 2 N–H and O–H groups in total. The minimum atomic E-state index is -4.82. The van der Waals surface area contributed by atoms with Gasteiger partial charge in [-0.3, -0.25) is 4.79 Å². The van der Waals surface area contributed by atoms with E-state index in [1.807, 2.05) is 0 Å². The Bertz CT molecular complexity index is 1030. The molecule has 0 aromatic heterocycles. The third-order valence-electron chi connectivity index (χ3n) is 5.14. The fourth-order valence-electron chi connectivity index (χ4n) is 3.60.